The highest BCUT2D eigenvalue weighted by atomic mass is 35.5. The Hall–Kier alpha value is -2.20. The summed E-state index contributed by atoms with van der Waals surface area (Å²) in [5.74, 6) is 1.29. The molecule has 0 heterocycles. The fourth-order valence-electron chi connectivity index (χ4n) is 2.50. The number of carbonyl (C=O) groups is 1. The molecule has 0 saturated heterocycles. The lowest BCUT2D eigenvalue weighted by atomic mass is 10.1. The van der Waals surface area contributed by atoms with E-state index in [9.17, 15) is 4.79 Å². The molecule has 0 spiro atoms. The first-order chi connectivity index (χ1) is 11.9. The molecule has 0 aromatic heterocycles. The van der Waals surface area contributed by atoms with E-state index in [0.29, 0.717) is 18.9 Å². The molecule has 2 rings (SSSR count). The average Bonchev–Trinajstić information content (AvgIpc) is 2.56. The summed E-state index contributed by atoms with van der Waals surface area (Å²) in [6.07, 6.45) is 0. The Labute approximate surface area is 154 Å². The van der Waals surface area contributed by atoms with Gasteiger partial charge in [0, 0.05) is 5.02 Å². The van der Waals surface area contributed by atoms with Gasteiger partial charge in [-0.1, -0.05) is 29.3 Å². The summed E-state index contributed by atoms with van der Waals surface area (Å²) in [5, 5.41) is 3.50. The van der Waals surface area contributed by atoms with Gasteiger partial charge in [0.1, 0.15) is 18.1 Å². The van der Waals surface area contributed by atoms with Crippen LogP contribution in [-0.4, -0.2) is 25.7 Å². The van der Waals surface area contributed by atoms with Gasteiger partial charge in [-0.25, -0.2) is 0 Å². The Morgan fingerprint density at radius 1 is 1.00 bits per heavy atom. The van der Waals surface area contributed by atoms with Gasteiger partial charge in [0.25, 0.3) is 5.91 Å². The summed E-state index contributed by atoms with van der Waals surface area (Å²) in [4.78, 5) is 11.9. The molecule has 1 N–H and O–H groups in total. The van der Waals surface area contributed by atoms with Gasteiger partial charge in [-0.15, -0.1) is 0 Å². The molecule has 0 aliphatic heterocycles. The Morgan fingerprint density at radius 3 is 2.32 bits per heavy atom. The summed E-state index contributed by atoms with van der Waals surface area (Å²) in [5.41, 5.74) is 4.14. The number of halogens is 1. The molecule has 0 bridgehead atoms. The van der Waals surface area contributed by atoms with Crippen molar-refractivity contribution < 1.29 is 14.3 Å². The average molecular weight is 362 g/mol. The second kappa shape index (κ2) is 8.77. The Morgan fingerprint density at radius 2 is 1.68 bits per heavy atom. The van der Waals surface area contributed by atoms with Crippen molar-refractivity contribution in [1.29, 1.82) is 0 Å². The first kappa shape index (κ1) is 19.1. The highest BCUT2D eigenvalue weighted by Crippen LogP contribution is 2.25. The molecule has 0 unspecified atom stereocenters. The molecule has 1 amide bonds. The zero-order valence-electron chi connectivity index (χ0n) is 15.1. The molecular formula is C20H24ClNO3. The van der Waals surface area contributed by atoms with Gasteiger partial charge in [0.05, 0.1) is 6.54 Å². The van der Waals surface area contributed by atoms with Crippen molar-refractivity contribution in [3.05, 3.63) is 57.6 Å². The van der Waals surface area contributed by atoms with Crippen LogP contribution in [0.1, 0.15) is 22.3 Å². The molecule has 134 valence electrons. The standard InChI is InChI=1S/C20H24ClNO3/c1-13-5-6-18(14(2)9-13)24-8-7-22-19(23)12-25-17-10-15(3)20(21)16(4)11-17/h5-6,9-11H,7-8,12H2,1-4H3,(H,22,23). The second-order valence-electron chi connectivity index (χ2n) is 6.13. The van der Waals surface area contributed by atoms with Crippen molar-refractivity contribution in [2.24, 2.45) is 0 Å². The van der Waals surface area contributed by atoms with Crippen LogP contribution >= 0.6 is 11.6 Å². The third kappa shape index (κ3) is 5.68. The van der Waals surface area contributed by atoms with Gasteiger partial charge in [-0.05, 0) is 62.6 Å². The van der Waals surface area contributed by atoms with Crippen LogP contribution in [0.3, 0.4) is 0 Å². The van der Waals surface area contributed by atoms with E-state index in [-0.39, 0.29) is 12.5 Å². The van der Waals surface area contributed by atoms with Crippen LogP contribution in [0.2, 0.25) is 5.02 Å². The van der Waals surface area contributed by atoms with Crippen molar-refractivity contribution in [2.75, 3.05) is 19.8 Å². The summed E-state index contributed by atoms with van der Waals surface area (Å²) in [6.45, 7) is 8.66. The summed E-state index contributed by atoms with van der Waals surface area (Å²) >= 11 is 6.12. The first-order valence-electron chi connectivity index (χ1n) is 8.23. The molecule has 4 nitrogen and oxygen atoms in total. The molecule has 2 aromatic carbocycles. The highest BCUT2D eigenvalue weighted by molar-refractivity contribution is 6.32. The maximum Gasteiger partial charge on any atom is 0.258 e. The molecule has 0 saturated carbocycles. The predicted octanol–water partition coefficient (Wildman–Crippen LogP) is 4.15. The van der Waals surface area contributed by atoms with Crippen LogP contribution in [0, 0.1) is 27.7 Å². The van der Waals surface area contributed by atoms with Crippen molar-refractivity contribution >= 4 is 17.5 Å². The second-order valence-corrected chi connectivity index (χ2v) is 6.51. The topological polar surface area (TPSA) is 47.6 Å². The van der Waals surface area contributed by atoms with E-state index in [2.05, 4.69) is 11.4 Å². The smallest absolute Gasteiger partial charge is 0.258 e. The first-order valence-corrected chi connectivity index (χ1v) is 8.61. The zero-order valence-corrected chi connectivity index (χ0v) is 15.9. The van der Waals surface area contributed by atoms with E-state index in [4.69, 9.17) is 21.1 Å². The monoisotopic (exact) mass is 361 g/mol. The maximum atomic E-state index is 11.9. The van der Waals surface area contributed by atoms with Crippen LogP contribution in [0.15, 0.2) is 30.3 Å². The van der Waals surface area contributed by atoms with Gasteiger partial charge in [-0.2, -0.15) is 0 Å². The minimum atomic E-state index is -0.186. The molecule has 25 heavy (non-hydrogen) atoms. The van der Waals surface area contributed by atoms with E-state index in [1.54, 1.807) is 0 Å². The van der Waals surface area contributed by atoms with Gasteiger partial charge in [0.15, 0.2) is 6.61 Å². The summed E-state index contributed by atoms with van der Waals surface area (Å²) in [6, 6.07) is 9.67. The summed E-state index contributed by atoms with van der Waals surface area (Å²) < 4.78 is 11.2. The number of amides is 1. The zero-order chi connectivity index (χ0) is 18.4. The molecule has 0 fully saturated rings. The van der Waals surface area contributed by atoms with Crippen molar-refractivity contribution in [2.45, 2.75) is 27.7 Å². The van der Waals surface area contributed by atoms with E-state index < -0.39 is 0 Å². The lowest BCUT2D eigenvalue weighted by molar-refractivity contribution is -0.123. The van der Waals surface area contributed by atoms with Gasteiger partial charge in [0.2, 0.25) is 0 Å². The lowest BCUT2D eigenvalue weighted by Gasteiger charge is -2.12. The van der Waals surface area contributed by atoms with E-state index in [0.717, 1.165) is 27.5 Å². The number of carbonyl (C=O) groups excluding carboxylic acids is 1. The van der Waals surface area contributed by atoms with Crippen LogP contribution in [-0.2, 0) is 4.79 Å². The lowest BCUT2D eigenvalue weighted by Crippen LogP contribution is -2.32. The number of aryl methyl sites for hydroxylation is 4. The Balaban J connectivity index is 1.72. The maximum absolute atomic E-state index is 11.9. The van der Waals surface area contributed by atoms with Crippen molar-refractivity contribution in [3.8, 4) is 11.5 Å². The Bertz CT molecular complexity index is 736. The van der Waals surface area contributed by atoms with Crippen molar-refractivity contribution in [3.63, 3.8) is 0 Å². The highest BCUT2D eigenvalue weighted by Gasteiger charge is 2.07. The normalized spacial score (nSPS) is 10.4. The molecule has 2 aromatic rings. The number of rotatable bonds is 7. The van der Waals surface area contributed by atoms with E-state index >= 15 is 0 Å². The van der Waals surface area contributed by atoms with Gasteiger partial charge >= 0.3 is 0 Å². The summed E-state index contributed by atoms with van der Waals surface area (Å²) in [7, 11) is 0. The van der Waals surface area contributed by atoms with Gasteiger partial charge < -0.3 is 14.8 Å². The number of ether oxygens (including phenoxy) is 2. The number of nitrogens with one attached hydrogen (secondary N) is 1. The fraction of sp³-hybridized carbons (Fsp3) is 0.350. The number of benzene rings is 2. The largest absolute Gasteiger partial charge is 0.491 e. The fourth-order valence-corrected chi connectivity index (χ4v) is 2.61. The minimum absolute atomic E-state index is 0.0376. The van der Waals surface area contributed by atoms with Crippen LogP contribution in [0.25, 0.3) is 0 Å². The molecular weight excluding hydrogens is 338 g/mol. The molecule has 0 radical (unpaired) electrons. The number of hydrogen-bond donors (Lipinski definition) is 1. The van der Waals surface area contributed by atoms with E-state index in [1.165, 1.54) is 5.56 Å². The quantitative estimate of drug-likeness (QED) is 0.754. The predicted molar refractivity (Wildman–Crippen MR) is 101 cm³/mol. The third-order valence-corrected chi connectivity index (χ3v) is 4.39. The number of hydrogen-bond acceptors (Lipinski definition) is 3. The molecule has 0 atom stereocenters. The molecule has 5 heteroatoms. The molecule has 0 aliphatic rings. The third-order valence-electron chi connectivity index (χ3n) is 3.79. The van der Waals surface area contributed by atoms with Gasteiger partial charge in [-0.3, -0.25) is 4.79 Å². The SMILES string of the molecule is Cc1ccc(OCCNC(=O)COc2cc(C)c(Cl)c(C)c2)c(C)c1. The van der Waals surface area contributed by atoms with Crippen molar-refractivity contribution in [1.82, 2.24) is 5.32 Å². The van der Waals surface area contributed by atoms with Crippen LogP contribution in [0.5, 0.6) is 11.5 Å². The van der Waals surface area contributed by atoms with Crippen LogP contribution < -0.4 is 14.8 Å². The van der Waals surface area contributed by atoms with Crippen LogP contribution in [0.4, 0.5) is 0 Å². The Kier molecular flexibility index (Phi) is 6.71. The molecule has 0 aliphatic carbocycles. The van der Waals surface area contributed by atoms with E-state index in [1.807, 2.05) is 52.0 Å². The minimum Gasteiger partial charge on any atom is -0.491 e.